The van der Waals surface area contributed by atoms with Crippen LogP contribution < -0.4 is 0 Å². The van der Waals surface area contributed by atoms with Crippen molar-refractivity contribution in [1.82, 2.24) is 0 Å². The van der Waals surface area contributed by atoms with E-state index in [1.165, 1.54) is 64.9 Å². The molecule has 0 N–H and O–H groups in total. The van der Waals surface area contributed by atoms with Crippen molar-refractivity contribution < 1.29 is 19.1 Å². The summed E-state index contributed by atoms with van der Waals surface area (Å²) >= 11 is 0. The molecular formula is C20H36O4. The van der Waals surface area contributed by atoms with Crippen LogP contribution in [-0.4, -0.2) is 24.6 Å². The number of hydrogen-bond acceptors (Lipinski definition) is 4. The monoisotopic (exact) mass is 340 g/mol. The number of methoxy groups -OCH3 is 1. The van der Waals surface area contributed by atoms with Crippen LogP contribution in [0.1, 0.15) is 103 Å². The molecule has 0 aromatic rings. The predicted octanol–water partition coefficient (Wildman–Crippen LogP) is 5.17. The van der Waals surface area contributed by atoms with Gasteiger partial charge in [0.15, 0.2) is 11.6 Å². The Kier molecular flexibility index (Phi) is 15.8. The third kappa shape index (κ3) is 14.4. The highest BCUT2D eigenvalue weighted by atomic mass is 16.5. The molecule has 0 aliphatic heterocycles. The molecule has 0 aliphatic rings. The average Bonchev–Trinajstić information content (AvgIpc) is 2.59. The Bertz CT molecular complexity index is 350. The highest BCUT2D eigenvalue weighted by Crippen LogP contribution is 2.12. The summed E-state index contributed by atoms with van der Waals surface area (Å²) in [4.78, 5) is 34.1. The van der Waals surface area contributed by atoms with Gasteiger partial charge in [-0.1, -0.05) is 77.6 Å². The second kappa shape index (κ2) is 16.7. The third-order valence-corrected chi connectivity index (χ3v) is 4.35. The lowest BCUT2D eigenvalue weighted by molar-refractivity contribution is -0.143. The topological polar surface area (TPSA) is 60.4 Å². The zero-order chi connectivity index (χ0) is 18.0. The first kappa shape index (κ1) is 22.8. The molecule has 0 rings (SSSR count). The Morgan fingerprint density at radius 3 is 1.46 bits per heavy atom. The van der Waals surface area contributed by atoms with E-state index in [0.717, 1.165) is 19.3 Å². The molecule has 0 fully saturated rings. The number of ether oxygens (including phenoxy) is 1. The zero-order valence-corrected chi connectivity index (χ0v) is 15.7. The fourth-order valence-electron chi connectivity index (χ4n) is 2.72. The van der Waals surface area contributed by atoms with Crippen LogP contribution in [0.2, 0.25) is 0 Å². The number of carbonyl (C=O) groups is 3. The van der Waals surface area contributed by atoms with E-state index in [9.17, 15) is 14.4 Å². The Morgan fingerprint density at radius 1 is 0.583 bits per heavy atom. The Labute approximate surface area is 147 Å². The second-order valence-corrected chi connectivity index (χ2v) is 6.56. The standard InChI is InChI=1S/C20H36O4/c1-3-4-5-6-7-8-9-10-11-12-13-14-15-18(21)19(22)16-17-20(23)24-2/h3-17H2,1-2H3. The van der Waals surface area contributed by atoms with E-state index < -0.39 is 11.8 Å². The molecule has 0 radical (unpaired) electrons. The van der Waals surface area contributed by atoms with Crippen molar-refractivity contribution in [2.75, 3.05) is 7.11 Å². The molecule has 24 heavy (non-hydrogen) atoms. The average molecular weight is 341 g/mol. The van der Waals surface area contributed by atoms with Crippen molar-refractivity contribution in [3.05, 3.63) is 0 Å². The SMILES string of the molecule is CCCCCCCCCCCCCCC(=O)C(=O)CCC(=O)OC. The van der Waals surface area contributed by atoms with Gasteiger partial charge in [0.2, 0.25) is 0 Å². The number of ketones is 2. The Morgan fingerprint density at radius 2 is 1.00 bits per heavy atom. The van der Waals surface area contributed by atoms with Gasteiger partial charge in [0.05, 0.1) is 13.5 Å². The maximum atomic E-state index is 11.6. The summed E-state index contributed by atoms with van der Waals surface area (Å²) in [7, 11) is 1.28. The van der Waals surface area contributed by atoms with Gasteiger partial charge >= 0.3 is 5.97 Å². The quantitative estimate of drug-likeness (QED) is 0.208. The van der Waals surface area contributed by atoms with Crippen LogP contribution in [0.4, 0.5) is 0 Å². The molecule has 0 saturated heterocycles. The molecule has 0 unspecified atom stereocenters. The predicted molar refractivity (Wildman–Crippen MR) is 97.0 cm³/mol. The van der Waals surface area contributed by atoms with Crippen LogP contribution in [0.15, 0.2) is 0 Å². The summed E-state index contributed by atoms with van der Waals surface area (Å²) in [5.74, 6) is -1.23. The van der Waals surface area contributed by atoms with Crippen LogP contribution in [0.25, 0.3) is 0 Å². The Hall–Kier alpha value is -1.19. The second-order valence-electron chi connectivity index (χ2n) is 6.56. The van der Waals surface area contributed by atoms with Crippen LogP contribution >= 0.6 is 0 Å². The van der Waals surface area contributed by atoms with Gasteiger partial charge in [-0.3, -0.25) is 14.4 Å². The highest BCUT2D eigenvalue weighted by molar-refractivity contribution is 6.37. The molecule has 0 saturated carbocycles. The maximum absolute atomic E-state index is 11.6. The van der Waals surface area contributed by atoms with Gasteiger partial charge < -0.3 is 4.74 Å². The summed E-state index contributed by atoms with van der Waals surface area (Å²) in [6, 6.07) is 0. The first-order valence-corrected chi connectivity index (χ1v) is 9.74. The molecule has 140 valence electrons. The number of esters is 1. The van der Waals surface area contributed by atoms with Gasteiger partial charge in [-0.15, -0.1) is 0 Å². The molecule has 4 nitrogen and oxygen atoms in total. The smallest absolute Gasteiger partial charge is 0.305 e. The number of carbonyl (C=O) groups excluding carboxylic acids is 3. The van der Waals surface area contributed by atoms with E-state index >= 15 is 0 Å². The molecule has 0 heterocycles. The summed E-state index contributed by atoms with van der Waals surface area (Å²) < 4.78 is 4.46. The summed E-state index contributed by atoms with van der Waals surface area (Å²) in [6.45, 7) is 2.24. The lowest BCUT2D eigenvalue weighted by atomic mass is 10.0. The number of unbranched alkanes of at least 4 members (excludes halogenated alkanes) is 11. The molecule has 0 aliphatic carbocycles. The van der Waals surface area contributed by atoms with E-state index in [1.807, 2.05) is 0 Å². The fourth-order valence-corrected chi connectivity index (χ4v) is 2.72. The van der Waals surface area contributed by atoms with Crippen molar-refractivity contribution in [3.63, 3.8) is 0 Å². The van der Waals surface area contributed by atoms with Crippen LogP contribution in [0.3, 0.4) is 0 Å². The summed E-state index contributed by atoms with van der Waals surface area (Å²) in [6.07, 6.45) is 15.2. The van der Waals surface area contributed by atoms with Crippen LogP contribution in [0, 0.1) is 0 Å². The van der Waals surface area contributed by atoms with Gasteiger partial charge in [0.1, 0.15) is 0 Å². The van der Waals surface area contributed by atoms with Crippen molar-refractivity contribution in [2.24, 2.45) is 0 Å². The minimum absolute atomic E-state index is 0.000478. The molecular weight excluding hydrogens is 304 g/mol. The van der Waals surface area contributed by atoms with Gasteiger partial charge in [-0.25, -0.2) is 0 Å². The number of hydrogen-bond donors (Lipinski definition) is 0. The van der Waals surface area contributed by atoms with E-state index in [1.54, 1.807) is 0 Å². The highest BCUT2D eigenvalue weighted by Gasteiger charge is 2.14. The number of Topliss-reactive ketones (excluding diaryl/α,β-unsaturated/α-hetero) is 2. The molecule has 0 amide bonds. The van der Waals surface area contributed by atoms with Gasteiger partial charge in [0.25, 0.3) is 0 Å². The molecule has 0 aromatic carbocycles. The first-order valence-electron chi connectivity index (χ1n) is 9.74. The minimum atomic E-state index is -0.443. The normalized spacial score (nSPS) is 10.6. The van der Waals surface area contributed by atoms with Crippen molar-refractivity contribution >= 4 is 17.5 Å². The van der Waals surface area contributed by atoms with Crippen molar-refractivity contribution in [3.8, 4) is 0 Å². The van der Waals surface area contributed by atoms with E-state index in [0.29, 0.717) is 6.42 Å². The first-order chi connectivity index (χ1) is 11.6. The minimum Gasteiger partial charge on any atom is -0.469 e. The lowest BCUT2D eigenvalue weighted by Crippen LogP contribution is -2.15. The van der Waals surface area contributed by atoms with Gasteiger partial charge in [-0.05, 0) is 6.42 Å². The van der Waals surface area contributed by atoms with Crippen LogP contribution in [0.5, 0.6) is 0 Å². The van der Waals surface area contributed by atoms with Gasteiger partial charge in [0, 0.05) is 12.8 Å². The number of rotatable bonds is 17. The molecule has 0 atom stereocenters. The molecule has 0 spiro atoms. The fraction of sp³-hybridized carbons (Fsp3) is 0.850. The molecule has 4 heteroatoms. The Balaban J connectivity index is 3.35. The molecule has 0 bridgehead atoms. The molecule has 0 aromatic heterocycles. The lowest BCUT2D eigenvalue weighted by Gasteiger charge is -2.03. The largest absolute Gasteiger partial charge is 0.469 e. The van der Waals surface area contributed by atoms with Crippen molar-refractivity contribution in [2.45, 2.75) is 103 Å². The summed E-state index contributed by atoms with van der Waals surface area (Å²) in [5.41, 5.74) is 0. The van der Waals surface area contributed by atoms with Crippen LogP contribution in [-0.2, 0) is 19.1 Å². The zero-order valence-electron chi connectivity index (χ0n) is 15.7. The summed E-state index contributed by atoms with van der Waals surface area (Å²) in [5, 5.41) is 0. The van der Waals surface area contributed by atoms with Gasteiger partial charge in [-0.2, -0.15) is 0 Å². The van der Waals surface area contributed by atoms with E-state index in [4.69, 9.17) is 0 Å². The maximum Gasteiger partial charge on any atom is 0.305 e. The van der Waals surface area contributed by atoms with E-state index in [-0.39, 0.29) is 18.6 Å². The van der Waals surface area contributed by atoms with E-state index in [2.05, 4.69) is 11.7 Å². The third-order valence-electron chi connectivity index (χ3n) is 4.35. The van der Waals surface area contributed by atoms with Crippen molar-refractivity contribution in [1.29, 1.82) is 0 Å².